The number of amides is 1. The molecule has 0 spiro atoms. The topological polar surface area (TPSA) is 49.3 Å². The van der Waals surface area contributed by atoms with Crippen LogP contribution in [0.4, 0.5) is 0 Å². The van der Waals surface area contributed by atoms with Crippen molar-refractivity contribution in [1.82, 2.24) is 5.32 Å². The molecule has 96 valence electrons. The molecule has 1 aromatic heterocycles. The minimum Gasteiger partial charge on any atom is -0.395 e. The third-order valence-corrected chi connectivity index (χ3v) is 3.85. The molecule has 18 heavy (non-hydrogen) atoms. The molecule has 0 aromatic carbocycles. The van der Waals surface area contributed by atoms with Crippen LogP contribution in [-0.4, -0.2) is 23.7 Å². The minimum atomic E-state index is 0.00774. The van der Waals surface area contributed by atoms with Crippen LogP contribution in [0.5, 0.6) is 0 Å². The zero-order chi connectivity index (χ0) is 12.8. The van der Waals surface area contributed by atoms with Gasteiger partial charge in [-0.1, -0.05) is 24.7 Å². The first-order valence-electron chi connectivity index (χ1n) is 6.28. The number of carbonyl (C=O) groups excluding carboxylic acids is 1. The van der Waals surface area contributed by atoms with Gasteiger partial charge in [-0.05, 0) is 18.9 Å². The molecule has 1 aromatic rings. The monoisotopic (exact) mass is 263 g/mol. The summed E-state index contributed by atoms with van der Waals surface area (Å²) in [5, 5.41) is 13.5. The molecule has 1 heterocycles. The highest BCUT2D eigenvalue weighted by atomic mass is 32.1. The van der Waals surface area contributed by atoms with E-state index in [2.05, 4.69) is 17.2 Å². The van der Waals surface area contributed by atoms with E-state index in [0.717, 1.165) is 17.7 Å². The summed E-state index contributed by atoms with van der Waals surface area (Å²) in [6, 6.07) is 2.17. The SMILES string of the molecule is O=C(NC1CCCC1)c1csc(C#CCCO)c1. The second kappa shape index (κ2) is 6.58. The van der Waals surface area contributed by atoms with Crippen molar-refractivity contribution < 1.29 is 9.90 Å². The standard InChI is InChI=1S/C14H17NO2S/c16-8-4-3-7-13-9-11(10-18-13)14(17)15-12-5-1-2-6-12/h9-10,12,16H,1-2,4-6,8H2,(H,15,17). The van der Waals surface area contributed by atoms with Gasteiger partial charge in [-0.2, -0.15) is 0 Å². The molecule has 0 aliphatic heterocycles. The van der Waals surface area contributed by atoms with Crippen molar-refractivity contribution in [2.24, 2.45) is 0 Å². The van der Waals surface area contributed by atoms with Crippen LogP contribution in [0, 0.1) is 11.8 Å². The zero-order valence-electron chi connectivity index (χ0n) is 10.2. The molecular weight excluding hydrogens is 246 g/mol. The third-order valence-electron chi connectivity index (χ3n) is 3.00. The van der Waals surface area contributed by atoms with Gasteiger partial charge in [0.25, 0.3) is 5.91 Å². The number of rotatable bonds is 3. The molecule has 0 saturated heterocycles. The smallest absolute Gasteiger partial charge is 0.252 e. The molecule has 2 rings (SSSR count). The van der Waals surface area contributed by atoms with Crippen LogP contribution >= 0.6 is 11.3 Å². The average molecular weight is 263 g/mol. The summed E-state index contributed by atoms with van der Waals surface area (Å²) >= 11 is 1.47. The number of hydrogen-bond acceptors (Lipinski definition) is 3. The zero-order valence-corrected chi connectivity index (χ0v) is 11.1. The Morgan fingerprint density at radius 1 is 1.50 bits per heavy atom. The normalized spacial score (nSPS) is 15.2. The summed E-state index contributed by atoms with van der Waals surface area (Å²) < 4.78 is 0. The lowest BCUT2D eigenvalue weighted by atomic mass is 10.2. The largest absolute Gasteiger partial charge is 0.395 e. The molecule has 2 N–H and O–H groups in total. The summed E-state index contributed by atoms with van der Waals surface area (Å²) in [6.45, 7) is 0.0768. The Bertz CT molecular complexity index is 464. The van der Waals surface area contributed by atoms with Crippen molar-refractivity contribution in [2.45, 2.75) is 38.1 Å². The van der Waals surface area contributed by atoms with Crippen LogP contribution in [0.2, 0.25) is 0 Å². The Balaban J connectivity index is 1.92. The molecule has 1 amide bonds. The van der Waals surface area contributed by atoms with E-state index in [4.69, 9.17) is 5.11 Å². The van der Waals surface area contributed by atoms with E-state index >= 15 is 0 Å². The summed E-state index contributed by atoms with van der Waals surface area (Å²) in [7, 11) is 0. The number of nitrogens with one attached hydrogen (secondary N) is 1. The molecule has 1 fully saturated rings. The first-order valence-corrected chi connectivity index (χ1v) is 7.16. The van der Waals surface area contributed by atoms with Crippen LogP contribution in [0.15, 0.2) is 11.4 Å². The Hall–Kier alpha value is -1.31. The number of aliphatic hydroxyl groups excluding tert-OH is 1. The molecular formula is C14H17NO2S. The van der Waals surface area contributed by atoms with Gasteiger partial charge in [0.05, 0.1) is 17.0 Å². The van der Waals surface area contributed by atoms with Crippen molar-refractivity contribution in [3.8, 4) is 11.8 Å². The van der Waals surface area contributed by atoms with Crippen molar-refractivity contribution in [3.05, 3.63) is 21.9 Å². The van der Waals surface area contributed by atoms with E-state index in [1.54, 1.807) is 0 Å². The van der Waals surface area contributed by atoms with Crippen molar-refractivity contribution >= 4 is 17.2 Å². The predicted octanol–water partition coefficient (Wildman–Crippen LogP) is 2.15. The summed E-state index contributed by atoms with van der Waals surface area (Å²) in [6.07, 6.45) is 5.10. The van der Waals surface area contributed by atoms with Gasteiger partial charge in [-0.3, -0.25) is 4.79 Å². The number of aliphatic hydroxyl groups is 1. The quantitative estimate of drug-likeness (QED) is 0.821. The van der Waals surface area contributed by atoms with Gasteiger partial charge >= 0.3 is 0 Å². The Kier molecular flexibility index (Phi) is 4.80. The third kappa shape index (κ3) is 3.59. The maximum Gasteiger partial charge on any atom is 0.252 e. The maximum atomic E-state index is 12.0. The first-order chi connectivity index (χ1) is 8.79. The van der Waals surface area contributed by atoms with Crippen molar-refractivity contribution in [2.75, 3.05) is 6.61 Å². The molecule has 3 nitrogen and oxygen atoms in total. The van der Waals surface area contributed by atoms with Crippen LogP contribution in [0.3, 0.4) is 0 Å². The maximum absolute atomic E-state index is 12.0. The predicted molar refractivity (Wildman–Crippen MR) is 72.6 cm³/mol. The molecule has 1 aliphatic carbocycles. The highest BCUT2D eigenvalue weighted by Gasteiger charge is 2.18. The summed E-state index contributed by atoms with van der Waals surface area (Å²) in [4.78, 5) is 12.8. The van der Waals surface area contributed by atoms with Crippen LogP contribution in [0.25, 0.3) is 0 Å². The van der Waals surface area contributed by atoms with Gasteiger partial charge < -0.3 is 10.4 Å². The van der Waals surface area contributed by atoms with Gasteiger partial charge in [-0.25, -0.2) is 0 Å². The van der Waals surface area contributed by atoms with Crippen molar-refractivity contribution in [3.63, 3.8) is 0 Å². The Morgan fingerprint density at radius 3 is 3.00 bits per heavy atom. The van der Waals surface area contributed by atoms with Crippen molar-refractivity contribution in [1.29, 1.82) is 0 Å². The lowest BCUT2D eigenvalue weighted by molar-refractivity contribution is 0.0938. The average Bonchev–Trinajstić information content (AvgIpc) is 3.00. The van der Waals surface area contributed by atoms with E-state index < -0.39 is 0 Å². The van der Waals surface area contributed by atoms with E-state index in [-0.39, 0.29) is 12.5 Å². The number of hydrogen-bond donors (Lipinski definition) is 2. The second-order valence-electron chi connectivity index (χ2n) is 4.43. The first kappa shape index (κ1) is 13.1. The molecule has 0 atom stereocenters. The number of thiophene rings is 1. The molecule has 0 unspecified atom stereocenters. The minimum absolute atomic E-state index is 0.00774. The fourth-order valence-electron chi connectivity index (χ4n) is 2.07. The van der Waals surface area contributed by atoms with Gasteiger partial charge in [0.15, 0.2) is 0 Å². The lowest BCUT2D eigenvalue weighted by Crippen LogP contribution is -2.32. The summed E-state index contributed by atoms with van der Waals surface area (Å²) in [5.74, 6) is 5.81. The molecule has 0 bridgehead atoms. The van der Waals surface area contributed by atoms with E-state index in [9.17, 15) is 4.79 Å². The Labute approximate surface area is 111 Å². The second-order valence-corrected chi connectivity index (χ2v) is 5.34. The molecule has 1 aliphatic rings. The lowest BCUT2D eigenvalue weighted by Gasteiger charge is -2.10. The number of carbonyl (C=O) groups is 1. The van der Waals surface area contributed by atoms with E-state index in [0.29, 0.717) is 18.0 Å². The van der Waals surface area contributed by atoms with Crippen LogP contribution in [0.1, 0.15) is 47.3 Å². The van der Waals surface area contributed by atoms with E-state index in [1.807, 2.05) is 11.4 Å². The highest BCUT2D eigenvalue weighted by Crippen LogP contribution is 2.19. The molecule has 4 heteroatoms. The van der Waals surface area contributed by atoms with Crippen LogP contribution < -0.4 is 5.32 Å². The highest BCUT2D eigenvalue weighted by molar-refractivity contribution is 7.10. The fourth-order valence-corrected chi connectivity index (χ4v) is 2.82. The van der Waals surface area contributed by atoms with Gasteiger partial charge in [-0.15, -0.1) is 11.3 Å². The van der Waals surface area contributed by atoms with Gasteiger partial charge in [0, 0.05) is 17.8 Å². The van der Waals surface area contributed by atoms with E-state index in [1.165, 1.54) is 24.2 Å². The molecule has 1 saturated carbocycles. The fraction of sp³-hybridized carbons (Fsp3) is 0.500. The summed E-state index contributed by atoms with van der Waals surface area (Å²) in [5.41, 5.74) is 0.695. The van der Waals surface area contributed by atoms with Gasteiger partial charge in [0.2, 0.25) is 0 Å². The van der Waals surface area contributed by atoms with Crippen LogP contribution in [-0.2, 0) is 0 Å². The molecule has 0 radical (unpaired) electrons. The van der Waals surface area contributed by atoms with Gasteiger partial charge in [0.1, 0.15) is 0 Å². The Morgan fingerprint density at radius 2 is 2.28 bits per heavy atom.